The molecule has 0 aliphatic heterocycles. The van der Waals surface area contributed by atoms with Crippen LogP contribution in [0.2, 0.25) is 0 Å². The smallest absolute Gasteiger partial charge is 0.416 e. The number of hydrogen-bond acceptors (Lipinski definition) is 7. The lowest BCUT2D eigenvalue weighted by Gasteiger charge is -2.15. The number of ether oxygens (including phenoxy) is 1. The fourth-order valence-corrected chi connectivity index (χ4v) is 4.87. The Morgan fingerprint density at radius 1 is 0.943 bits per heavy atom. The number of halogens is 3. The molecule has 0 heterocycles. The van der Waals surface area contributed by atoms with E-state index in [1.54, 1.807) is 22.9 Å². The Labute approximate surface area is 199 Å². The Kier molecular flexibility index (Phi) is 7.13. The fraction of sp³-hybridized carbons (Fsp3) is 0.136. The minimum absolute atomic E-state index is 0.0305. The molecular weight excluding hydrogens is 509 g/mol. The predicted molar refractivity (Wildman–Crippen MR) is 121 cm³/mol. The van der Waals surface area contributed by atoms with Gasteiger partial charge in [-0.05, 0) is 54.1 Å². The third-order valence-electron chi connectivity index (χ3n) is 4.53. The molecule has 35 heavy (non-hydrogen) atoms. The highest BCUT2D eigenvalue weighted by atomic mass is 32.2. The van der Waals surface area contributed by atoms with Gasteiger partial charge in [-0.15, -0.1) is 0 Å². The van der Waals surface area contributed by atoms with Gasteiger partial charge in [-0.1, -0.05) is 18.2 Å². The average Bonchev–Trinajstić information content (AvgIpc) is 2.73. The summed E-state index contributed by atoms with van der Waals surface area (Å²) in [6.07, 6.45) is -4.73. The number of nitrogen functional groups attached to an aromatic ring is 1. The van der Waals surface area contributed by atoms with Crippen LogP contribution in [-0.2, 0) is 37.3 Å². The number of hydrogen-bond donors (Lipinski definition) is 2. The summed E-state index contributed by atoms with van der Waals surface area (Å²) < 4.78 is 95.2. The summed E-state index contributed by atoms with van der Waals surface area (Å²) in [5.41, 5.74) is 4.45. The van der Waals surface area contributed by atoms with E-state index in [1.165, 1.54) is 24.3 Å². The van der Waals surface area contributed by atoms with Crippen LogP contribution < -0.4 is 15.2 Å². The second-order valence-electron chi connectivity index (χ2n) is 7.46. The fourth-order valence-electron chi connectivity index (χ4n) is 3.06. The van der Waals surface area contributed by atoms with Crippen molar-refractivity contribution in [2.75, 3.05) is 12.0 Å². The van der Waals surface area contributed by atoms with Crippen LogP contribution in [0.1, 0.15) is 11.1 Å². The summed E-state index contributed by atoms with van der Waals surface area (Å²) >= 11 is 0. The minimum atomic E-state index is -4.79. The predicted octanol–water partition coefficient (Wildman–Crippen LogP) is 3.53. The number of carbonyl (C=O) groups excluding carboxylic acids is 1. The first-order valence-electron chi connectivity index (χ1n) is 9.74. The first-order valence-corrected chi connectivity index (χ1v) is 13.1. The van der Waals surface area contributed by atoms with Crippen molar-refractivity contribution < 1.29 is 39.5 Å². The Hall–Kier alpha value is -3.58. The molecule has 0 radical (unpaired) electrons. The first kappa shape index (κ1) is 26.0. The average molecular weight is 529 g/mol. The maximum atomic E-state index is 13.4. The molecule has 0 bridgehead atoms. The Morgan fingerprint density at radius 2 is 1.60 bits per heavy atom. The van der Waals surface area contributed by atoms with Gasteiger partial charge in [-0.25, -0.2) is 16.8 Å². The van der Waals surface area contributed by atoms with E-state index < -0.39 is 43.9 Å². The molecule has 0 fully saturated rings. The van der Waals surface area contributed by atoms with E-state index in [4.69, 9.17) is 10.5 Å². The second-order valence-corrected chi connectivity index (χ2v) is 11.2. The van der Waals surface area contributed by atoms with Gasteiger partial charge in [-0.3, -0.25) is 9.52 Å². The van der Waals surface area contributed by atoms with E-state index >= 15 is 0 Å². The van der Waals surface area contributed by atoms with E-state index in [0.29, 0.717) is 12.1 Å². The van der Waals surface area contributed by atoms with Gasteiger partial charge in [-0.2, -0.15) is 13.2 Å². The zero-order valence-corrected chi connectivity index (χ0v) is 19.7. The third kappa shape index (κ3) is 6.73. The number of anilines is 1. The number of carbonyl (C=O) groups is 1. The van der Waals surface area contributed by atoms with Gasteiger partial charge in [0.15, 0.2) is 0 Å². The number of rotatable bonds is 7. The van der Waals surface area contributed by atoms with Gasteiger partial charge in [0.05, 0.1) is 33.7 Å². The Morgan fingerprint density at radius 3 is 2.17 bits per heavy atom. The zero-order valence-electron chi connectivity index (χ0n) is 18.0. The van der Waals surface area contributed by atoms with Crippen LogP contribution in [0, 0.1) is 0 Å². The number of nitrogens with one attached hydrogen (secondary N) is 1. The Bertz CT molecular complexity index is 1470. The van der Waals surface area contributed by atoms with Crippen LogP contribution in [-0.4, -0.2) is 29.0 Å². The van der Waals surface area contributed by atoms with E-state index in [0.717, 1.165) is 18.4 Å². The molecule has 3 N–H and O–H groups in total. The van der Waals surface area contributed by atoms with E-state index in [2.05, 4.69) is 0 Å². The van der Waals surface area contributed by atoms with Crippen LogP contribution in [0.4, 0.5) is 18.9 Å². The number of nitrogens with two attached hydrogens (primary N) is 1. The number of sulfone groups is 1. The second kappa shape index (κ2) is 9.58. The van der Waals surface area contributed by atoms with Crippen LogP contribution in [0.25, 0.3) is 0 Å². The van der Waals surface area contributed by atoms with Crippen molar-refractivity contribution in [1.82, 2.24) is 4.72 Å². The number of amides is 1. The molecule has 0 saturated heterocycles. The molecule has 3 rings (SSSR count). The molecule has 0 aliphatic rings. The summed E-state index contributed by atoms with van der Waals surface area (Å²) in [6.45, 7) is 0. The first-order chi connectivity index (χ1) is 16.1. The van der Waals surface area contributed by atoms with Crippen molar-refractivity contribution >= 4 is 31.5 Å². The highest BCUT2D eigenvalue weighted by Crippen LogP contribution is 2.36. The topological polar surface area (TPSA) is 133 Å². The third-order valence-corrected chi connectivity index (χ3v) is 6.90. The van der Waals surface area contributed by atoms with Gasteiger partial charge >= 0.3 is 6.18 Å². The summed E-state index contributed by atoms with van der Waals surface area (Å²) in [5, 5.41) is 0. The highest BCUT2D eigenvalue weighted by molar-refractivity contribution is 7.91. The lowest BCUT2D eigenvalue weighted by atomic mass is 10.1. The number of sulfonamides is 1. The molecule has 0 atom stereocenters. The monoisotopic (exact) mass is 528 g/mol. The van der Waals surface area contributed by atoms with Crippen molar-refractivity contribution in [3.63, 3.8) is 0 Å². The van der Waals surface area contributed by atoms with E-state index in [-0.39, 0.29) is 32.5 Å². The molecule has 0 spiro atoms. The quantitative estimate of drug-likeness (QED) is 0.448. The molecule has 3 aromatic carbocycles. The van der Waals surface area contributed by atoms with Gasteiger partial charge in [0.2, 0.25) is 25.8 Å². The van der Waals surface area contributed by atoms with E-state index in [9.17, 15) is 34.8 Å². The maximum Gasteiger partial charge on any atom is 0.416 e. The molecule has 8 nitrogen and oxygen atoms in total. The van der Waals surface area contributed by atoms with Crippen LogP contribution >= 0.6 is 0 Å². The molecule has 3 aromatic rings. The van der Waals surface area contributed by atoms with E-state index in [1.807, 2.05) is 0 Å². The van der Waals surface area contributed by atoms with Crippen molar-refractivity contribution in [3.05, 3.63) is 77.9 Å². The van der Waals surface area contributed by atoms with Gasteiger partial charge < -0.3 is 10.5 Å². The lowest BCUT2D eigenvalue weighted by Crippen LogP contribution is -2.30. The molecule has 1 amide bonds. The Balaban J connectivity index is 1.93. The van der Waals surface area contributed by atoms with Gasteiger partial charge in [0.1, 0.15) is 11.5 Å². The molecule has 0 aliphatic carbocycles. The molecule has 0 aromatic heterocycles. The molecular formula is C22H19F3N2O6S2. The molecule has 186 valence electrons. The van der Waals surface area contributed by atoms with Crippen LogP contribution in [0.3, 0.4) is 0 Å². The minimum Gasteiger partial charge on any atom is -0.455 e. The maximum absolute atomic E-state index is 13.4. The van der Waals surface area contributed by atoms with Crippen molar-refractivity contribution in [2.24, 2.45) is 0 Å². The van der Waals surface area contributed by atoms with Crippen molar-refractivity contribution in [2.45, 2.75) is 22.4 Å². The molecule has 13 heteroatoms. The molecule has 0 saturated carbocycles. The SMILES string of the molecule is CS(=O)(=O)NC(=O)Cc1cc(Oc2ccc(S(=O)(=O)c3ccccc3)cc2N)cc(C(F)(F)F)c1. The van der Waals surface area contributed by atoms with Crippen LogP contribution in [0.5, 0.6) is 11.5 Å². The van der Waals surface area contributed by atoms with Crippen molar-refractivity contribution in [3.8, 4) is 11.5 Å². The highest BCUT2D eigenvalue weighted by Gasteiger charge is 2.32. The largest absolute Gasteiger partial charge is 0.455 e. The zero-order chi connectivity index (χ0) is 26.0. The van der Waals surface area contributed by atoms with Crippen molar-refractivity contribution in [1.29, 1.82) is 0 Å². The summed E-state index contributed by atoms with van der Waals surface area (Å²) in [6, 6.07) is 13.5. The van der Waals surface area contributed by atoms with Crippen LogP contribution in [0.15, 0.2) is 76.5 Å². The molecule has 0 unspecified atom stereocenters. The number of benzene rings is 3. The summed E-state index contributed by atoms with van der Waals surface area (Å²) in [7, 11) is -7.79. The lowest BCUT2D eigenvalue weighted by molar-refractivity contribution is -0.137. The standard InChI is InChI=1S/C22H19F3N2O6S2/c1-34(29,30)27-21(28)11-14-9-15(22(23,24)25)12-16(10-14)33-20-8-7-18(13-19(20)26)35(31,32)17-5-3-2-4-6-17/h2-10,12-13H,11,26H2,1H3,(H,27,28). The summed E-state index contributed by atoms with van der Waals surface area (Å²) in [4.78, 5) is 11.8. The summed E-state index contributed by atoms with van der Waals surface area (Å²) in [5.74, 6) is -1.50. The normalized spacial score (nSPS) is 12.2. The van der Waals surface area contributed by atoms with Gasteiger partial charge in [0, 0.05) is 0 Å². The number of alkyl halides is 3. The van der Waals surface area contributed by atoms with Gasteiger partial charge in [0.25, 0.3) is 0 Å².